The van der Waals surface area contributed by atoms with Gasteiger partial charge in [0.2, 0.25) is 0 Å². The Labute approximate surface area is 146 Å². The van der Waals surface area contributed by atoms with Crippen LogP contribution in [0, 0.1) is 6.92 Å². The Morgan fingerprint density at radius 3 is 2.29 bits per heavy atom. The molecule has 0 heteroatoms. The molecular weight excluding hydrogens is 288 g/mol. The van der Waals surface area contributed by atoms with E-state index in [2.05, 4.69) is 88.4 Å². The van der Waals surface area contributed by atoms with Crippen LogP contribution in [0.3, 0.4) is 0 Å². The zero-order valence-electron chi connectivity index (χ0n) is 15.4. The third-order valence-corrected chi connectivity index (χ3v) is 5.20. The van der Waals surface area contributed by atoms with E-state index < -0.39 is 0 Å². The van der Waals surface area contributed by atoms with E-state index in [1.165, 1.54) is 52.3 Å². The first-order valence-corrected chi connectivity index (χ1v) is 9.11. The Morgan fingerprint density at radius 2 is 1.58 bits per heavy atom. The maximum absolute atomic E-state index is 2.41. The Hall–Kier alpha value is -2.08. The lowest BCUT2D eigenvalue weighted by Crippen LogP contribution is -2.16. The van der Waals surface area contributed by atoms with Gasteiger partial charge in [0.25, 0.3) is 0 Å². The van der Waals surface area contributed by atoms with Crippen molar-refractivity contribution < 1.29 is 0 Å². The van der Waals surface area contributed by atoms with E-state index >= 15 is 0 Å². The molecule has 124 valence electrons. The van der Waals surface area contributed by atoms with Crippen LogP contribution in [0.15, 0.2) is 60.7 Å². The highest BCUT2D eigenvalue weighted by Gasteiger charge is 2.20. The average molecular weight is 316 g/mol. The van der Waals surface area contributed by atoms with E-state index in [0.717, 1.165) is 0 Å². The number of hydrogen-bond acceptors (Lipinski definition) is 0. The van der Waals surface area contributed by atoms with Gasteiger partial charge in [0.1, 0.15) is 0 Å². The summed E-state index contributed by atoms with van der Waals surface area (Å²) in [5.41, 5.74) is 5.64. The number of fused-ring (bicyclic) bond motifs is 1. The summed E-state index contributed by atoms with van der Waals surface area (Å²) in [6.45, 7) is 9.23. The van der Waals surface area contributed by atoms with Gasteiger partial charge in [0, 0.05) is 0 Å². The van der Waals surface area contributed by atoms with E-state index in [-0.39, 0.29) is 5.41 Å². The third kappa shape index (κ3) is 3.38. The summed E-state index contributed by atoms with van der Waals surface area (Å²) in [5.74, 6) is 0. The second-order valence-electron chi connectivity index (χ2n) is 7.58. The van der Waals surface area contributed by atoms with Crippen molar-refractivity contribution in [3.63, 3.8) is 0 Å². The Morgan fingerprint density at radius 1 is 0.833 bits per heavy atom. The number of rotatable bonds is 5. The standard InChI is InChI=1S/C24H28/c1-5-6-14-24(3,4)22-12-13-23-18(2)15-20(16-21(23)17-22)19-10-8-7-9-11-19/h7-13,15-17H,5-6,14H2,1-4H3. The number of aryl methyl sites for hydroxylation is 1. The molecule has 3 aromatic rings. The van der Waals surface area contributed by atoms with Crippen molar-refractivity contribution in [3.8, 4) is 11.1 Å². The molecule has 3 rings (SSSR count). The normalized spacial score (nSPS) is 11.8. The molecule has 0 aliphatic rings. The summed E-state index contributed by atoms with van der Waals surface area (Å²) in [6.07, 6.45) is 3.79. The molecule has 0 aromatic heterocycles. The molecule has 0 aliphatic heterocycles. The number of unbranched alkanes of at least 4 members (excludes halogenated alkanes) is 1. The highest BCUT2D eigenvalue weighted by atomic mass is 14.2. The van der Waals surface area contributed by atoms with Gasteiger partial charge in [-0.15, -0.1) is 0 Å². The SMILES string of the molecule is CCCCC(C)(C)c1ccc2c(C)cc(-c3ccccc3)cc2c1. The highest BCUT2D eigenvalue weighted by Crippen LogP contribution is 2.34. The topological polar surface area (TPSA) is 0 Å². The van der Waals surface area contributed by atoms with Crippen molar-refractivity contribution in [1.29, 1.82) is 0 Å². The van der Waals surface area contributed by atoms with Crippen molar-refractivity contribution in [3.05, 3.63) is 71.8 Å². The van der Waals surface area contributed by atoms with Crippen LogP contribution in [0.25, 0.3) is 21.9 Å². The lowest BCUT2D eigenvalue weighted by atomic mass is 9.79. The number of hydrogen-bond donors (Lipinski definition) is 0. The molecule has 3 aromatic carbocycles. The minimum Gasteiger partial charge on any atom is -0.0654 e. The van der Waals surface area contributed by atoms with Crippen molar-refractivity contribution in [2.45, 2.75) is 52.4 Å². The Bertz CT molecular complexity index is 825. The first kappa shape index (κ1) is 16.8. The van der Waals surface area contributed by atoms with E-state index in [9.17, 15) is 0 Å². The zero-order chi connectivity index (χ0) is 17.2. The van der Waals surface area contributed by atoms with Crippen molar-refractivity contribution in [2.75, 3.05) is 0 Å². The first-order valence-electron chi connectivity index (χ1n) is 9.11. The van der Waals surface area contributed by atoms with Gasteiger partial charge in [0.15, 0.2) is 0 Å². The quantitative estimate of drug-likeness (QED) is 0.464. The first-order chi connectivity index (χ1) is 11.5. The molecule has 0 saturated carbocycles. The molecular formula is C24H28. The van der Waals surface area contributed by atoms with E-state index in [4.69, 9.17) is 0 Å². The van der Waals surface area contributed by atoms with Gasteiger partial charge in [-0.1, -0.05) is 88.2 Å². The average Bonchev–Trinajstić information content (AvgIpc) is 2.60. The van der Waals surface area contributed by atoms with E-state index in [1.54, 1.807) is 0 Å². The Balaban J connectivity index is 2.08. The minimum atomic E-state index is 0.237. The van der Waals surface area contributed by atoms with Gasteiger partial charge >= 0.3 is 0 Å². The van der Waals surface area contributed by atoms with Crippen LogP contribution in [0.5, 0.6) is 0 Å². The fourth-order valence-corrected chi connectivity index (χ4v) is 3.54. The molecule has 24 heavy (non-hydrogen) atoms. The van der Waals surface area contributed by atoms with Gasteiger partial charge in [-0.25, -0.2) is 0 Å². The predicted octanol–water partition coefficient (Wildman–Crippen LogP) is 7.28. The van der Waals surface area contributed by atoms with Gasteiger partial charge in [-0.05, 0) is 57.9 Å². The molecule has 0 aliphatic carbocycles. The monoisotopic (exact) mass is 316 g/mol. The van der Waals surface area contributed by atoms with E-state index in [0.29, 0.717) is 0 Å². The molecule has 0 fully saturated rings. The summed E-state index contributed by atoms with van der Waals surface area (Å²) >= 11 is 0. The summed E-state index contributed by atoms with van der Waals surface area (Å²) in [5, 5.41) is 2.72. The summed E-state index contributed by atoms with van der Waals surface area (Å²) in [7, 11) is 0. The molecule has 0 spiro atoms. The molecule has 0 nitrogen and oxygen atoms in total. The molecule has 0 unspecified atom stereocenters. The highest BCUT2D eigenvalue weighted by molar-refractivity contribution is 5.90. The smallest absolute Gasteiger partial charge is 0.0103 e. The lowest BCUT2D eigenvalue weighted by molar-refractivity contribution is 0.458. The van der Waals surface area contributed by atoms with Gasteiger partial charge in [-0.3, -0.25) is 0 Å². The fourth-order valence-electron chi connectivity index (χ4n) is 3.54. The largest absolute Gasteiger partial charge is 0.0654 e. The summed E-state index contributed by atoms with van der Waals surface area (Å²) in [4.78, 5) is 0. The van der Waals surface area contributed by atoms with Crippen molar-refractivity contribution >= 4 is 10.8 Å². The maximum atomic E-state index is 2.41. The molecule has 0 saturated heterocycles. The molecule has 0 atom stereocenters. The summed E-state index contributed by atoms with van der Waals surface area (Å²) < 4.78 is 0. The van der Waals surface area contributed by atoms with Crippen molar-refractivity contribution in [1.82, 2.24) is 0 Å². The molecule has 0 N–H and O–H groups in total. The van der Waals surface area contributed by atoms with Crippen molar-refractivity contribution in [2.24, 2.45) is 0 Å². The fraction of sp³-hybridized carbons (Fsp3) is 0.333. The van der Waals surface area contributed by atoms with Crippen LogP contribution in [0.4, 0.5) is 0 Å². The van der Waals surface area contributed by atoms with Gasteiger partial charge in [-0.2, -0.15) is 0 Å². The van der Waals surface area contributed by atoms with E-state index in [1.807, 2.05) is 0 Å². The van der Waals surface area contributed by atoms with Crippen LogP contribution >= 0.6 is 0 Å². The van der Waals surface area contributed by atoms with Crippen LogP contribution in [0.2, 0.25) is 0 Å². The third-order valence-electron chi connectivity index (χ3n) is 5.20. The van der Waals surface area contributed by atoms with Crippen LogP contribution in [0.1, 0.15) is 51.2 Å². The minimum absolute atomic E-state index is 0.237. The molecule has 0 amide bonds. The second-order valence-corrected chi connectivity index (χ2v) is 7.58. The van der Waals surface area contributed by atoms with Crippen LogP contribution < -0.4 is 0 Å². The second kappa shape index (κ2) is 6.81. The lowest BCUT2D eigenvalue weighted by Gasteiger charge is -2.26. The van der Waals surface area contributed by atoms with Gasteiger partial charge in [0.05, 0.1) is 0 Å². The summed E-state index contributed by atoms with van der Waals surface area (Å²) in [6, 6.07) is 22.4. The molecule has 0 heterocycles. The maximum Gasteiger partial charge on any atom is -0.0103 e. The molecule has 0 bridgehead atoms. The number of benzene rings is 3. The van der Waals surface area contributed by atoms with Crippen LogP contribution in [-0.2, 0) is 5.41 Å². The zero-order valence-corrected chi connectivity index (χ0v) is 15.4. The Kier molecular flexibility index (Phi) is 4.76. The molecule has 0 radical (unpaired) electrons. The van der Waals surface area contributed by atoms with Gasteiger partial charge < -0.3 is 0 Å². The predicted molar refractivity (Wildman–Crippen MR) is 107 cm³/mol. The van der Waals surface area contributed by atoms with Crippen LogP contribution in [-0.4, -0.2) is 0 Å².